The minimum absolute atomic E-state index is 0.0304. The molecule has 0 bridgehead atoms. The average molecular weight is 382 g/mol. The fourth-order valence-corrected chi connectivity index (χ4v) is 3.95. The topological polar surface area (TPSA) is 102 Å². The number of ether oxygens (including phenoxy) is 1. The smallest absolute Gasteiger partial charge is 0.311 e. The molecule has 1 heterocycles. The number of aromatic nitrogens is 1. The Morgan fingerprint density at radius 2 is 1.96 bits per heavy atom. The Kier molecular flexibility index (Phi) is 6.65. The molecule has 1 aromatic heterocycles. The van der Waals surface area contributed by atoms with Gasteiger partial charge in [0.25, 0.3) is 0 Å². The molecule has 0 aliphatic heterocycles. The van der Waals surface area contributed by atoms with E-state index in [9.17, 15) is 18.0 Å². The Bertz CT molecular complexity index is 831. The predicted octanol–water partition coefficient (Wildman–Crippen LogP) is 2.05. The summed E-state index contributed by atoms with van der Waals surface area (Å²) >= 11 is 1.17. The van der Waals surface area contributed by atoms with Crippen molar-refractivity contribution < 1.29 is 22.7 Å². The average Bonchev–Trinajstić information content (AvgIpc) is 3.01. The molecule has 0 aliphatic rings. The summed E-state index contributed by atoms with van der Waals surface area (Å²) < 4.78 is 29.1. The van der Waals surface area contributed by atoms with Crippen LogP contribution in [0.4, 0.5) is 5.13 Å². The van der Waals surface area contributed by atoms with Crippen LogP contribution in [0.5, 0.6) is 0 Å². The normalized spacial score (nSPS) is 11.1. The third-order valence-corrected chi connectivity index (χ3v) is 5.67. The molecule has 0 saturated carbocycles. The van der Waals surface area contributed by atoms with E-state index in [1.165, 1.54) is 23.5 Å². The third-order valence-electron chi connectivity index (χ3n) is 3.13. The van der Waals surface area contributed by atoms with Crippen molar-refractivity contribution >= 4 is 38.2 Å². The number of hydrogen-bond acceptors (Lipinski definition) is 7. The first-order chi connectivity index (χ1) is 11.9. The maximum Gasteiger partial charge on any atom is 0.311 e. The van der Waals surface area contributed by atoms with Gasteiger partial charge in [0, 0.05) is 11.8 Å². The molecule has 0 saturated heterocycles. The molecule has 7 nitrogen and oxygen atoms in total. The summed E-state index contributed by atoms with van der Waals surface area (Å²) in [7, 11) is -3.50. The number of rotatable bonds is 8. The number of carbonyl (C=O) groups is 2. The summed E-state index contributed by atoms with van der Waals surface area (Å²) in [5.41, 5.74) is 0.496. The Morgan fingerprint density at radius 3 is 2.64 bits per heavy atom. The molecule has 0 atom stereocenters. The van der Waals surface area contributed by atoms with Crippen molar-refractivity contribution in [3.63, 3.8) is 0 Å². The maximum atomic E-state index is 12.1. The molecule has 0 fully saturated rings. The Labute approximate surface area is 150 Å². The summed E-state index contributed by atoms with van der Waals surface area (Å²) in [6.07, 6.45) is -0.146. The molecular formula is C16H18N2O5S2. The van der Waals surface area contributed by atoms with E-state index in [0.717, 1.165) is 0 Å². The van der Waals surface area contributed by atoms with Crippen LogP contribution >= 0.6 is 11.3 Å². The second kappa shape index (κ2) is 8.72. The lowest BCUT2D eigenvalue weighted by atomic mass is 10.3. The SMILES string of the molecule is CCOC(=O)Cc1csc(NC(=O)CCS(=O)(=O)c2ccccc2)n1. The van der Waals surface area contributed by atoms with Gasteiger partial charge in [-0.3, -0.25) is 9.59 Å². The second-order valence-electron chi connectivity index (χ2n) is 5.06. The first-order valence-electron chi connectivity index (χ1n) is 7.58. The lowest BCUT2D eigenvalue weighted by molar-refractivity contribution is -0.142. The summed E-state index contributed by atoms with van der Waals surface area (Å²) in [6, 6.07) is 7.98. The molecule has 2 rings (SSSR count). The number of hydrogen-bond donors (Lipinski definition) is 1. The van der Waals surface area contributed by atoms with Gasteiger partial charge in [0.2, 0.25) is 5.91 Å². The van der Waals surface area contributed by atoms with Crippen LogP contribution < -0.4 is 5.32 Å². The molecule has 0 radical (unpaired) electrons. The first-order valence-corrected chi connectivity index (χ1v) is 10.1. The van der Waals surface area contributed by atoms with Gasteiger partial charge in [-0.25, -0.2) is 13.4 Å². The van der Waals surface area contributed by atoms with Gasteiger partial charge in [-0.1, -0.05) is 18.2 Å². The van der Waals surface area contributed by atoms with E-state index in [-0.39, 0.29) is 29.5 Å². The lowest BCUT2D eigenvalue weighted by Crippen LogP contribution is -2.17. The molecule has 1 amide bonds. The molecule has 2 aromatic rings. The highest BCUT2D eigenvalue weighted by Crippen LogP contribution is 2.17. The Balaban J connectivity index is 1.86. The fourth-order valence-electron chi connectivity index (χ4n) is 1.96. The molecule has 9 heteroatoms. The zero-order valence-corrected chi connectivity index (χ0v) is 15.2. The van der Waals surface area contributed by atoms with Gasteiger partial charge >= 0.3 is 5.97 Å². The molecule has 1 N–H and O–H groups in total. The van der Waals surface area contributed by atoms with Crippen molar-refractivity contribution in [1.29, 1.82) is 0 Å². The number of thiazole rings is 1. The minimum atomic E-state index is -3.50. The van der Waals surface area contributed by atoms with Gasteiger partial charge in [0.1, 0.15) is 0 Å². The number of carbonyl (C=O) groups excluding carboxylic acids is 2. The Hall–Kier alpha value is -2.26. The minimum Gasteiger partial charge on any atom is -0.466 e. The van der Waals surface area contributed by atoms with Gasteiger partial charge in [0.15, 0.2) is 15.0 Å². The van der Waals surface area contributed by atoms with Crippen LogP contribution in [-0.4, -0.2) is 37.6 Å². The largest absolute Gasteiger partial charge is 0.466 e. The Morgan fingerprint density at radius 1 is 1.24 bits per heavy atom. The zero-order chi connectivity index (χ0) is 18.3. The molecule has 0 spiro atoms. The number of sulfone groups is 1. The highest BCUT2D eigenvalue weighted by atomic mass is 32.2. The van der Waals surface area contributed by atoms with Crippen molar-refractivity contribution in [2.75, 3.05) is 17.7 Å². The lowest BCUT2D eigenvalue weighted by Gasteiger charge is -2.04. The number of nitrogens with zero attached hydrogens (tertiary/aromatic N) is 1. The van der Waals surface area contributed by atoms with Crippen LogP contribution in [0.15, 0.2) is 40.6 Å². The van der Waals surface area contributed by atoms with Gasteiger partial charge in [0.05, 0.1) is 29.4 Å². The maximum absolute atomic E-state index is 12.1. The summed E-state index contributed by atoms with van der Waals surface area (Å²) in [4.78, 5) is 27.6. The van der Waals surface area contributed by atoms with E-state index in [1.807, 2.05) is 0 Å². The van der Waals surface area contributed by atoms with E-state index < -0.39 is 15.7 Å². The van der Waals surface area contributed by atoms with Crippen molar-refractivity contribution in [3.05, 3.63) is 41.4 Å². The van der Waals surface area contributed by atoms with Crippen LogP contribution in [0.25, 0.3) is 0 Å². The van der Waals surface area contributed by atoms with E-state index in [1.54, 1.807) is 30.5 Å². The number of amides is 1. The second-order valence-corrected chi connectivity index (χ2v) is 8.02. The molecule has 0 unspecified atom stereocenters. The van der Waals surface area contributed by atoms with E-state index >= 15 is 0 Å². The molecule has 25 heavy (non-hydrogen) atoms. The van der Waals surface area contributed by atoms with Crippen molar-refractivity contribution in [2.45, 2.75) is 24.7 Å². The summed E-state index contributed by atoms with van der Waals surface area (Å²) in [5.74, 6) is -1.12. The van der Waals surface area contributed by atoms with Crippen molar-refractivity contribution in [1.82, 2.24) is 4.98 Å². The van der Waals surface area contributed by atoms with Gasteiger partial charge in [-0.05, 0) is 19.1 Å². The van der Waals surface area contributed by atoms with Crippen LogP contribution in [-0.2, 0) is 30.6 Å². The van der Waals surface area contributed by atoms with Crippen LogP contribution in [0.1, 0.15) is 19.0 Å². The number of nitrogens with one attached hydrogen (secondary N) is 1. The van der Waals surface area contributed by atoms with E-state index in [2.05, 4.69) is 10.3 Å². The molecule has 1 aromatic carbocycles. The predicted molar refractivity (Wildman–Crippen MR) is 94.2 cm³/mol. The van der Waals surface area contributed by atoms with E-state index in [0.29, 0.717) is 17.4 Å². The number of benzene rings is 1. The third kappa shape index (κ3) is 5.95. The van der Waals surface area contributed by atoms with Crippen LogP contribution in [0, 0.1) is 0 Å². The van der Waals surface area contributed by atoms with E-state index in [4.69, 9.17) is 4.74 Å². The van der Waals surface area contributed by atoms with Gasteiger partial charge < -0.3 is 10.1 Å². The van der Waals surface area contributed by atoms with Gasteiger partial charge in [-0.15, -0.1) is 11.3 Å². The van der Waals surface area contributed by atoms with Crippen molar-refractivity contribution in [2.24, 2.45) is 0 Å². The summed E-state index contributed by atoms with van der Waals surface area (Å²) in [6.45, 7) is 2.01. The van der Waals surface area contributed by atoms with Gasteiger partial charge in [-0.2, -0.15) is 0 Å². The highest BCUT2D eigenvalue weighted by Gasteiger charge is 2.17. The quantitative estimate of drug-likeness (QED) is 0.701. The van der Waals surface area contributed by atoms with Crippen LogP contribution in [0.2, 0.25) is 0 Å². The fraction of sp³-hybridized carbons (Fsp3) is 0.312. The zero-order valence-electron chi connectivity index (χ0n) is 13.6. The standard InChI is InChI=1S/C16H18N2O5S2/c1-2-23-15(20)10-12-11-24-16(17-12)18-14(19)8-9-25(21,22)13-6-4-3-5-7-13/h3-7,11H,2,8-10H2,1H3,(H,17,18,19). The molecular weight excluding hydrogens is 364 g/mol. The van der Waals surface area contributed by atoms with Crippen LogP contribution in [0.3, 0.4) is 0 Å². The number of anilines is 1. The number of esters is 1. The summed E-state index contributed by atoms with van der Waals surface area (Å²) in [5, 5.41) is 4.51. The first kappa shape index (κ1) is 19.1. The monoisotopic (exact) mass is 382 g/mol. The molecule has 0 aliphatic carbocycles. The highest BCUT2D eigenvalue weighted by molar-refractivity contribution is 7.91. The molecule has 134 valence electrons. The van der Waals surface area contributed by atoms with Crippen molar-refractivity contribution in [3.8, 4) is 0 Å².